The van der Waals surface area contributed by atoms with E-state index in [0.29, 0.717) is 0 Å². The molecule has 1 aromatic carbocycles. The second-order valence-electron chi connectivity index (χ2n) is 2.85. The molecule has 1 aromatic rings. The van der Waals surface area contributed by atoms with Crippen LogP contribution in [-0.4, -0.2) is 14.2 Å². The standard InChI is InChI=1S/C9H9.2CH3O.Ti/c1-2-6-9-7-4-3-5-8-9;2*1-2;/h2-8H,1H2;2*1H3;/q;2*-1;+2. The van der Waals surface area contributed by atoms with E-state index in [1.807, 2.05) is 24.3 Å². The summed E-state index contributed by atoms with van der Waals surface area (Å²) in [6, 6.07) is 10.2. The van der Waals surface area contributed by atoms with Crippen molar-refractivity contribution in [1.29, 1.82) is 0 Å². The molecule has 0 N–H and O–H groups in total. The van der Waals surface area contributed by atoms with Crippen molar-refractivity contribution < 1.29 is 25.3 Å². The molecule has 3 heteroatoms. The van der Waals surface area contributed by atoms with Crippen LogP contribution < -0.4 is 0 Å². The van der Waals surface area contributed by atoms with Gasteiger partial charge in [0.15, 0.2) is 0 Å². The van der Waals surface area contributed by atoms with E-state index in [1.165, 1.54) is 5.56 Å². The molecule has 0 bridgehead atoms. The van der Waals surface area contributed by atoms with Gasteiger partial charge in [0.1, 0.15) is 0 Å². The number of hydrogen-bond acceptors (Lipinski definition) is 2. The summed E-state index contributed by atoms with van der Waals surface area (Å²) in [6.45, 7) is 3.84. The van der Waals surface area contributed by atoms with Crippen molar-refractivity contribution in [2.45, 2.75) is 4.22 Å². The number of benzene rings is 1. The van der Waals surface area contributed by atoms with Crippen molar-refractivity contribution in [2.75, 3.05) is 14.2 Å². The Kier molecular flexibility index (Phi) is 5.12. The van der Waals surface area contributed by atoms with Gasteiger partial charge < -0.3 is 0 Å². The van der Waals surface area contributed by atoms with Crippen LogP contribution >= 0.6 is 0 Å². The maximum absolute atomic E-state index is 5.38. The first-order chi connectivity index (χ1) is 6.83. The van der Waals surface area contributed by atoms with Crippen molar-refractivity contribution in [3.8, 4) is 0 Å². The molecule has 1 unspecified atom stereocenters. The molecule has 0 aromatic heterocycles. The third kappa shape index (κ3) is 2.79. The molecule has 0 aliphatic rings. The molecule has 0 saturated heterocycles. The summed E-state index contributed by atoms with van der Waals surface area (Å²) in [5, 5.41) is 0. The van der Waals surface area contributed by atoms with E-state index in [4.69, 9.17) is 6.64 Å². The minimum absolute atomic E-state index is 0.242. The van der Waals surface area contributed by atoms with Gasteiger partial charge in [0, 0.05) is 0 Å². The minimum atomic E-state index is -1.93. The first-order valence-corrected chi connectivity index (χ1v) is 6.63. The third-order valence-electron chi connectivity index (χ3n) is 2.05. The second-order valence-corrected chi connectivity index (χ2v) is 6.09. The topological polar surface area (TPSA) is 18.5 Å². The molecule has 0 spiro atoms. The average molecular weight is 227 g/mol. The first kappa shape index (κ1) is 11.7. The fourth-order valence-corrected chi connectivity index (χ4v) is 3.45. The molecule has 0 saturated carbocycles. The van der Waals surface area contributed by atoms with Gasteiger partial charge in [-0.3, -0.25) is 0 Å². The van der Waals surface area contributed by atoms with E-state index >= 15 is 0 Å². The van der Waals surface area contributed by atoms with Crippen LogP contribution in [0.1, 0.15) is 9.79 Å². The van der Waals surface area contributed by atoms with Gasteiger partial charge in [0.05, 0.1) is 0 Å². The van der Waals surface area contributed by atoms with Gasteiger partial charge in [-0.05, 0) is 0 Å². The Morgan fingerprint density at radius 1 is 1.21 bits per heavy atom. The van der Waals surface area contributed by atoms with Gasteiger partial charge in [0.25, 0.3) is 0 Å². The fourth-order valence-electron chi connectivity index (χ4n) is 1.37. The van der Waals surface area contributed by atoms with Crippen molar-refractivity contribution in [2.24, 2.45) is 0 Å². The summed E-state index contributed by atoms with van der Waals surface area (Å²) in [5.74, 6) is 0. The van der Waals surface area contributed by atoms with Crippen LogP contribution in [0.15, 0.2) is 43.0 Å². The monoisotopic (exact) mass is 227 g/mol. The number of allylic oxidation sites excluding steroid dienone is 1. The average Bonchev–Trinajstić information content (AvgIpc) is 2.27. The zero-order valence-corrected chi connectivity index (χ0v) is 10.1. The predicted molar refractivity (Wildman–Crippen MR) is 53.4 cm³/mol. The molecule has 2 nitrogen and oxygen atoms in total. The van der Waals surface area contributed by atoms with Crippen LogP contribution in [0.4, 0.5) is 0 Å². The number of hydrogen-bond donors (Lipinski definition) is 0. The summed E-state index contributed by atoms with van der Waals surface area (Å²) < 4.78 is 11.0. The van der Waals surface area contributed by atoms with Crippen LogP contribution in [0.25, 0.3) is 0 Å². The second kappa shape index (κ2) is 6.15. The Morgan fingerprint density at radius 3 is 2.21 bits per heavy atom. The Bertz CT molecular complexity index is 270. The molecule has 0 radical (unpaired) electrons. The third-order valence-corrected chi connectivity index (χ3v) is 4.99. The van der Waals surface area contributed by atoms with E-state index in [1.54, 1.807) is 14.2 Å². The predicted octanol–water partition coefficient (Wildman–Crippen LogP) is 2.65. The van der Waals surface area contributed by atoms with Crippen molar-refractivity contribution in [3.63, 3.8) is 0 Å². The maximum atomic E-state index is 5.38. The van der Waals surface area contributed by atoms with Crippen LogP contribution in [0.2, 0.25) is 0 Å². The molecule has 14 heavy (non-hydrogen) atoms. The SMILES string of the molecule is C=C[CH](c1ccccc1)[Ti]([O]C)[O]C. The fraction of sp³-hybridized carbons (Fsp3) is 0.273. The summed E-state index contributed by atoms with van der Waals surface area (Å²) in [6.07, 6.45) is 1.91. The summed E-state index contributed by atoms with van der Waals surface area (Å²) in [7, 11) is 3.41. The Balaban J connectivity index is 2.86. The van der Waals surface area contributed by atoms with Crippen molar-refractivity contribution in [3.05, 3.63) is 48.6 Å². The van der Waals surface area contributed by atoms with Crippen LogP contribution in [0, 0.1) is 0 Å². The van der Waals surface area contributed by atoms with E-state index in [0.717, 1.165) is 0 Å². The molecule has 0 amide bonds. The van der Waals surface area contributed by atoms with Gasteiger partial charge in [-0.2, -0.15) is 0 Å². The molecule has 1 atom stereocenters. The Morgan fingerprint density at radius 2 is 1.79 bits per heavy atom. The molecule has 0 heterocycles. The first-order valence-electron chi connectivity index (χ1n) is 4.45. The Hall–Kier alpha value is -0.406. The quantitative estimate of drug-likeness (QED) is 0.568. The molecule has 0 aliphatic carbocycles. The van der Waals surface area contributed by atoms with Crippen LogP contribution in [-0.2, 0) is 25.3 Å². The Labute approximate surface area is 92.3 Å². The summed E-state index contributed by atoms with van der Waals surface area (Å²) >= 11 is -1.93. The molecule has 75 valence electrons. The molecular weight excluding hydrogens is 212 g/mol. The van der Waals surface area contributed by atoms with Gasteiger partial charge in [-0.15, -0.1) is 0 Å². The molecule has 0 aliphatic heterocycles. The van der Waals surface area contributed by atoms with Crippen LogP contribution in [0.5, 0.6) is 0 Å². The van der Waals surface area contributed by atoms with Gasteiger partial charge in [0.2, 0.25) is 0 Å². The van der Waals surface area contributed by atoms with Crippen LogP contribution in [0.3, 0.4) is 0 Å². The van der Waals surface area contributed by atoms with E-state index in [2.05, 4.69) is 18.7 Å². The summed E-state index contributed by atoms with van der Waals surface area (Å²) in [4.78, 5) is 0. The molecule has 1 rings (SSSR count). The zero-order chi connectivity index (χ0) is 10.4. The van der Waals surface area contributed by atoms with Gasteiger partial charge >= 0.3 is 92.3 Å². The van der Waals surface area contributed by atoms with E-state index in [9.17, 15) is 0 Å². The number of rotatable bonds is 5. The van der Waals surface area contributed by atoms with E-state index in [-0.39, 0.29) is 4.22 Å². The van der Waals surface area contributed by atoms with Crippen molar-refractivity contribution >= 4 is 0 Å². The van der Waals surface area contributed by atoms with E-state index < -0.39 is 18.6 Å². The molecular formula is C11H15O2Ti. The summed E-state index contributed by atoms with van der Waals surface area (Å²) in [5.41, 5.74) is 1.22. The zero-order valence-electron chi connectivity index (χ0n) is 8.57. The van der Waals surface area contributed by atoms with Gasteiger partial charge in [-0.1, -0.05) is 0 Å². The van der Waals surface area contributed by atoms with Crippen molar-refractivity contribution in [1.82, 2.24) is 0 Å². The molecule has 0 fully saturated rings. The normalized spacial score (nSPS) is 12.1. The van der Waals surface area contributed by atoms with Gasteiger partial charge in [-0.25, -0.2) is 0 Å².